The number of carbonyl (C=O) groups excluding carboxylic acids is 1. The van der Waals surface area contributed by atoms with Gasteiger partial charge in [0.1, 0.15) is 4.32 Å². The summed E-state index contributed by atoms with van der Waals surface area (Å²) in [5, 5.41) is 9.72. The van der Waals surface area contributed by atoms with Gasteiger partial charge in [-0.1, -0.05) is 66.0 Å². The van der Waals surface area contributed by atoms with Gasteiger partial charge in [-0.25, -0.2) is 0 Å². The van der Waals surface area contributed by atoms with E-state index in [0.717, 1.165) is 33.2 Å². The number of hydrogen-bond donors (Lipinski definition) is 1. The predicted octanol–water partition coefficient (Wildman–Crippen LogP) is 6.58. The first-order valence-electron chi connectivity index (χ1n) is 11.3. The highest BCUT2D eigenvalue weighted by atomic mass is 35.5. The minimum atomic E-state index is 0.0552. The van der Waals surface area contributed by atoms with Crippen LogP contribution in [0.2, 0.25) is 5.02 Å². The van der Waals surface area contributed by atoms with Crippen molar-refractivity contribution < 1.29 is 9.90 Å². The first-order chi connectivity index (χ1) is 16.0. The van der Waals surface area contributed by atoms with Gasteiger partial charge in [-0.15, -0.1) is 11.3 Å². The fraction of sp³-hybridized carbons (Fsp3) is 0.385. The molecule has 1 aliphatic heterocycles. The number of fused-ring (bicyclic) bond motifs is 2. The molecule has 2 aromatic rings. The number of aliphatic hydroxyl groups is 1. The van der Waals surface area contributed by atoms with Gasteiger partial charge in [0.2, 0.25) is 0 Å². The zero-order valence-corrected chi connectivity index (χ0v) is 21.3. The summed E-state index contributed by atoms with van der Waals surface area (Å²) in [7, 11) is 0. The van der Waals surface area contributed by atoms with E-state index in [9.17, 15) is 4.79 Å². The number of nitrogens with zero attached hydrogens (tertiary/aromatic N) is 1. The summed E-state index contributed by atoms with van der Waals surface area (Å²) >= 11 is 14.8. The zero-order chi connectivity index (χ0) is 22.9. The van der Waals surface area contributed by atoms with E-state index in [1.165, 1.54) is 31.0 Å². The lowest BCUT2D eigenvalue weighted by Gasteiger charge is -2.30. The Morgan fingerprint density at radius 1 is 1.24 bits per heavy atom. The highest BCUT2D eigenvalue weighted by molar-refractivity contribution is 8.26. The second kappa shape index (κ2) is 9.93. The van der Waals surface area contributed by atoms with Crippen LogP contribution in [0.5, 0.6) is 0 Å². The highest BCUT2D eigenvalue weighted by Gasteiger charge is 2.47. The molecule has 1 aromatic carbocycles. The Bertz CT molecular complexity index is 1170. The number of hydrogen-bond acceptors (Lipinski definition) is 5. The first-order valence-corrected chi connectivity index (χ1v) is 13.7. The van der Waals surface area contributed by atoms with Gasteiger partial charge < -0.3 is 5.11 Å². The number of amides is 1. The molecule has 2 heterocycles. The summed E-state index contributed by atoms with van der Waals surface area (Å²) < 4.78 is 0.697. The monoisotopic (exact) mass is 513 g/mol. The molecule has 2 saturated carbocycles. The van der Waals surface area contributed by atoms with Crippen molar-refractivity contribution in [2.24, 2.45) is 11.8 Å². The molecule has 5 rings (SSSR count). The highest BCUT2D eigenvalue weighted by Crippen LogP contribution is 2.49. The Morgan fingerprint density at radius 3 is 2.76 bits per heavy atom. The number of thiophene rings is 1. The van der Waals surface area contributed by atoms with Crippen molar-refractivity contribution in [1.29, 1.82) is 0 Å². The Kier molecular flexibility index (Phi) is 6.96. The number of unbranched alkanes of at least 4 members (excludes halogenated alkanes) is 1. The van der Waals surface area contributed by atoms with Crippen LogP contribution in [-0.4, -0.2) is 32.9 Å². The van der Waals surface area contributed by atoms with E-state index in [-0.39, 0.29) is 18.6 Å². The second-order valence-corrected chi connectivity index (χ2v) is 12.0. The molecule has 3 aliphatic rings. The van der Waals surface area contributed by atoms with Crippen LogP contribution in [-0.2, 0) is 4.79 Å². The Hall–Kier alpha value is -1.62. The van der Waals surface area contributed by atoms with Crippen molar-refractivity contribution in [3.8, 4) is 22.3 Å². The van der Waals surface area contributed by atoms with Gasteiger partial charge in [0.15, 0.2) is 0 Å². The maximum absolute atomic E-state index is 13.3. The largest absolute Gasteiger partial charge is 0.396 e. The van der Waals surface area contributed by atoms with E-state index in [0.29, 0.717) is 33.0 Å². The van der Waals surface area contributed by atoms with E-state index in [2.05, 4.69) is 11.8 Å². The van der Waals surface area contributed by atoms with E-state index in [1.54, 1.807) is 11.3 Å². The maximum Gasteiger partial charge on any atom is 0.266 e. The average Bonchev–Trinajstić information content (AvgIpc) is 3.57. The Morgan fingerprint density at radius 2 is 2.06 bits per heavy atom. The van der Waals surface area contributed by atoms with Gasteiger partial charge in [0, 0.05) is 34.5 Å². The molecule has 33 heavy (non-hydrogen) atoms. The Balaban J connectivity index is 1.43. The quantitative estimate of drug-likeness (QED) is 0.212. The standard InChI is InChI=1S/C26H24ClNO2S3/c27-20-9-7-17(8-10-20)24-19(4-2-1-3-11-29)14-21(32-24)15-23-25(30)28(26(31)33-23)22-13-16-5-6-18(22)12-16/h7-10,14-16,18,22,29H,1,3,5-6,11-13H2. The normalized spacial score (nSPS) is 25.2. The summed E-state index contributed by atoms with van der Waals surface area (Å²) in [6, 6.07) is 10.1. The SMILES string of the molecule is O=C1C(=Cc2cc(C#CCCCO)c(-c3ccc(Cl)cc3)s2)SC(=S)N1C1CC2CCC1C2. The predicted molar refractivity (Wildman–Crippen MR) is 142 cm³/mol. The molecule has 0 spiro atoms. The molecule has 1 saturated heterocycles. The summed E-state index contributed by atoms with van der Waals surface area (Å²) in [6.45, 7) is 0.137. The zero-order valence-electron chi connectivity index (χ0n) is 18.1. The summed E-state index contributed by atoms with van der Waals surface area (Å²) in [4.78, 5) is 18.0. The number of thiocarbonyl (C=S) groups is 1. The van der Waals surface area contributed by atoms with E-state index < -0.39 is 0 Å². The van der Waals surface area contributed by atoms with Crippen molar-refractivity contribution in [2.45, 2.75) is 44.6 Å². The fourth-order valence-electron chi connectivity index (χ4n) is 5.14. The van der Waals surface area contributed by atoms with Gasteiger partial charge in [-0.2, -0.15) is 0 Å². The van der Waals surface area contributed by atoms with Crippen LogP contribution in [0, 0.1) is 23.7 Å². The van der Waals surface area contributed by atoms with Crippen molar-refractivity contribution >= 4 is 63.2 Å². The third kappa shape index (κ3) is 4.80. The summed E-state index contributed by atoms with van der Waals surface area (Å²) in [5.74, 6) is 7.84. The van der Waals surface area contributed by atoms with Crippen LogP contribution in [0.15, 0.2) is 35.2 Å². The van der Waals surface area contributed by atoms with Gasteiger partial charge in [0.05, 0.1) is 9.78 Å². The number of rotatable bonds is 5. The lowest BCUT2D eigenvalue weighted by molar-refractivity contribution is -0.124. The van der Waals surface area contributed by atoms with Gasteiger partial charge >= 0.3 is 0 Å². The van der Waals surface area contributed by atoms with E-state index in [1.807, 2.05) is 41.3 Å². The third-order valence-electron chi connectivity index (χ3n) is 6.67. The number of thioether (sulfide) groups is 1. The van der Waals surface area contributed by atoms with Gasteiger partial charge in [-0.3, -0.25) is 9.69 Å². The maximum atomic E-state index is 13.3. The average molecular weight is 514 g/mol. The second-order valence-electron chi connectivity index (χ2n) is 8.82. The molecule has 1 N–H and O–H groups in total. The first kappa shape index (κ1) is 23.1. The minimum Gasteiger partial charge on any atom is -0.396 e. The Labute approximate surface area is 213 Å². The molecule has 0 radical (unpaired) electrons. The molecule has 3 fully saturated rings. The number of benzene rings is 1. The number of aliphatic hydroxyl groups excluding tert-OH is 1. The van der Waals surface area contributed by atoms with Gasteiger partial charge in [0.25, 0.3) is 5.91 Å². The van der Waals surface area contributed by atoms with Crippen LogP contribution in [0.3, 0.4) is 0 Å². The van der Waals surface area contributed by atoms with Crippen LogP contribution < -0.4 is 0 Å². The number of carbonyl (C=O) groups is 1. The van der Waals surface area contributed by atoms with Crippen LogP contribution in [0.1, 0.15) is 49.0 Å². The third-order valence-corrected chi connectivity index (χ3v) is 9.38. The lowest BCUT2D eigenvalue weighted by Crippen LogP contribution is -2.41. The molecule has 3 nitrogen and oxygen atoms in total. The molecule has 1 aromatic heterocycles. The molecule has 3 atom stereocenters. The topological polar surface area (TPSA) is 40.5 Å². The summed E-state index contributed by atoms with van der Waals surface area (Å²) in [6.07, 6.45) is 8.13. The smallest absolute Gasteiger partial charge is 0.266 e. The van der Waals surface area contributed by atoms with Crippen LogP contribution in [0.4, 0.5) is 0 Å². The van der Waals surface area contributed by atoms with Crippen molar-refractivity contribution in [3.05, 3.63) is 50.7 Å². The van der Waals surface area contributed by atoms with E-state index >= 15 is 0 Å². The summed E-state index contributed by atoms with van der Waals surface area (Å²) in [5.41, 5.74) is 1.97. The van der Waals surface area contributed by atoms with Crippen molar-refractivity contribution in [3.63, 3.8) is 0 Å². The molecule has 2 aliphatic carbocycles. The molecule has 7 heteroatoms. The number of halogens is 1. The molecule has 2 bridgehead atoms. The minimum absolute atomic E-state index is 0.0552. The van der Waals surface area contributed by atoms with Crippen LogP contribution in [0.25, 0.3) is 16.5 Å². The molecule has 170 valence electrons. The molecule has 3 unspecified atom stereocenters. The van der Waals surface area contributed by atoms with Crippen molar-refractivity contribution in [2.75, 3.05) is 6.61 Å². The fourth-order valence-corrected chi connectivity index (χ4v) is 7.76. The van der Waals surface area contributed by atoms with Gasteiger partial charge in [-0.05, 0) is 67.4 Å². The molecular weight excluding hydrogens is 490 g/mol. The molecule has 1 amide bonds. The van der Waals surface area contributed by atoms with Crippen LogP contribution >= 0.6 is 46.9 Å². The van der Waals surface area contributed by atoms with Crippen molar-refractivity contribution in [1.82, 2.24) is 4.90 Å². The van der Waals surface area contributed by atoms with E-state index in [4.69, 9.17) is 28.9 Å². The lowest BCUT2D eigenvalue weighted by atomic mass is 9.94. The molecular formula is C26H24ClNO2S3.